The molecule has 0 spiro atoms. The molecule has 0 radical (unpaired) electrons. The van der Waals surface area contributed by atoms with Gasteiger partial charge in [-0.2, -0.15) is 13.2 Å². The fraction of sp³-hybridized carbons (Fsp3) is 0.300. The lowest BCUT2D eigenvalue weighted by atomic mass is 10.0. The minimum Gasteiger partial charge on any atom is -0.326 e. The van der Waals surface area contributed by atoms with E-state index in [2.05, 4.69) is 10.6 Å². The summed E-state index contributed by atoms with van der Waals surface area (Å²) in [6.07, 6.45) is -3.10. The van der Waals surface area contributed by atoms with Crippen LogP contribution in [-0.2, 0) is 11.0 Å². The molecule has 2 aromatic carbocycles. The van der Waals surface area contributed by atoms with Crippen LogP contribution in [0.4, 0.5) is 24.5 Å². The summed E-state index contributed by atoms with van der Waals surface area (Å²) in [5, 5.41) is 5.15. The Labute approximate surface area is 166 Å². The zero-order chi connectivity index (χ0) is 20.9. The first-order valence-electron chi connectivity index (χ1n) is 8.74. The molecule has 0 aliphatic heterocycles. The summed E-state index contributed by atoms with van der Waals surface area (Å²) >= 11 is 5.89. The fourth-order valence-corrected chi connectivity index (χ4v) is 2.77. The van der Waals surface area contributed by atoms with Gasteiger partial charge in [0, 0.05) is 17.2 Å². The highest BCUT2D eigenvalue weighted by molar-refractivity contribution is 6.34. The average molecular weight is 413 g/mol. The highest BCUT2D eigenvalue weighted by Crippen LogP contribution is 2.34. The smallest absolute Gasteiger partial charge is 0.326 e. The summed E-state index contributed by atoms with van der Waals surface area (Å²) in [7, 11) is 0. The number of nitrogens with one attached hydrogen (secondary N) is 2. The molecule has 0 aliphatic carbocycles. The van der Waals surface area contributed by atoms with E-state index in [1.54, 1.807) is 12.1 Å². The van der Waals surface area contributed by atoms with Crippen molar-refractivity contribution in [1.29, 1.82) is 0 Å². The number of rotatable bonds is 6. The van der Waals surface area contributed by atoms with Crippen LogP contribution in [0.2, 0.25) is 5.02 Å². The van der Waals surface area contributed by atoms with Gasteiger partial charge in [-0.1, -0.05) is 25.4 Å². The Kier molecular flexibility index (Phi) is 7.07. The number of halogens is 4. The Morgan fingerprint density at radius 2 is 1.61 bits per heavy atom. The third-order valence-electron chi connectivity index (χ3n) is 4.31. The molecule has 150 valence electrons. The molecule has 0 aliphatic rings. The number of amides is 2. The second kappa shape index (κ2) is 9.10. The van der Waals surface area contributed by atoms with Crippen molar-refractivity contribution in [2.24, 2.45) is 5.92 Å². The lowest BCUT2D eigenvalue weighted by Crippen LogP contribution is -2.21. The predicted octanol–water partition coefficient (Wildman–Crippen LogP) is 5.99. The van der Waals surface area contributed by atoms with E-state index in [4.69, 9.17) is 11.6 Å². The zero-order valence-corrected chi connectivity index (χ0v) is 16.1. The minimum absolute atomic E-state index is 0.00425. The normalized spacial score (nSPS) is 11.4. The quantitative estimate of drug-likeness (QED) is 0.612. The minimum atomic E-state index is -4.54. The summed E-state index contributed by atoms with van der Waals surface area (Å²) in [6, 6.07) is 8.76. The maximum Gasteiger partial charge on any atom is 0.416 e. The molecule has 2 amide bonds. The van der Waals surface area contributed by atoms with Crippen molar-refractivity contribution in [3.8, 4) is 0 Å². The van der Waals surface area contributed by atoms with E-state index in [0.717, 1.165) is 31.0 Å². The zero-order valence-electron chi connectivity index (χ0n) is 15.4. The summed E-state index contributed by atoms with van der Waals surface area (Å²) in [5.74, 6) is -0.803. The number of hydrogen-bond donors (Lipinski definition) is 2. The van der Waals surface area contributed by atoms with Gasteiger partial charge in [0.1, 0.15) is 0 Å². The molecule has 4 nitrogen and oxygen atoms in total. The number of anilines is 2. The van der Waals surface area contributed by atoms with Crippen LogP contribution in [0.25, 0.3) is 0 Å². The van der Waals surface area contributed by atoms with Crippen molar-refractivity contribution >= 4 is 34.8 Å². The van der Waals surface area contributed by atoms with Crippen LogP contribution in [0.1, 0.15) is 42.6 Å². The number of carbonyl (C=O) groups excluding carboxylic acids is 2. The van der Waals surface area contributed by atoms with Crippen molar-refractivity contribution in [3.05, 3.63) is 58.6 Å². The van der Waals surface area contributed by atoms with Crippen molar-refractivity contribution in [2.45, 2.75) is 32.9 Å². The van der Waals surface area contributed by atoms with Crippen LogP contribution in [0, 0.1) is 5.92 Å². The SMILES string of the molecule is CCC(CC)C(=O)Nc1ccc(C(=O)Nc2cc(C(F)(F)F)ccc2Cl)cc1. The summed E-state index contributed by atoms with van der Waals surface area (Å²) in [4.78, 5) is 24.4. The molecule has 0 atom stereocenters. The van der Waals surface area contributed by atoms with E-state index in [0.29, 0.717) is 5.69 Å². The molecule has 2 aromatic rings. The lowest BCUT2D eigenvalue weighted by Gasteiger charge is -2.13. The van der Waals surface area contributed by atoms with Crippen molar-refractivity contribution in [2.75, 3.05) is 10.6 Å². The van der Waals surface area contributed by atoms with Crippen molar-refractivity contribution < 1.29 is 22.8 Å². The molecule has 0 unspecified atom stereocenters. The molecule has 0 saturated heterocycles. The van der Waals surface area contributed by atoms with E-state index < -0.39 is 17.6 Å². The second-order valence-electron chi connectivity index (χ2n) is 6.23. The first-order chi connectivity index (χ1) is 13.2. The summed E-state index contributed by atoms with van der Waals surface area (Å²) in [5.41, 5.74) is -0.293. The number of carbonyl (C=O) groups is 2. The molecule has 0 heterocycles. The summed E-state index contributed by atoms with van der Waals surface area (Å²) in [6.45, 7) is 3.86. The third kappa shape index (κ3) is 5.48. The first kappa shape index (κ1) is 21.8. The Morgan fingerprint density at radius 1 is 1.00 bits per heavy atom. The molecule has 28 heavy (non-hydrogen) atoms. The number of benzene rings is 2. The Bertz CT molecular complexity index is 848. The van der Waals surface area contributed by atoms with Crippen LogP contribution in [0.3, 0.4) is 0 Å². The van der Waals surface area contributed by atoms with Gasteiger partial charge < -0.3 is 10.6 Å². The summed E-state index contributed by atoms with van der Waals surface area (Å²) < 4.78 is 38.5. The molecular weight excluding hydrogens is 393 g/mol. The van der Waals surface area contributed by atoms with E-state index in [-0.39, 0.29) is 28.1 Å². The molecule has 0 saturated carbocycles. The van der Waals surface area contributed by atoms with Gasteiger partial charge in [-0.3, -0.25) is 9.59 Å². The van der Waals surface area contributed by atoms with Crippen LogP contribution < -0.4 is 10.6 Å². The van der Waals surface area contributed by atoms with Gasteiger partial charge in [-0.15, -0.1) is 0 Å². The molecule has 8 heteroatoms. The second-order valence-corrected chi connectivity index (χ2v) is 6.63. The van der Waals surface area contributed by atoms with Crippen molar-refractivity contribution in [1.82, 2.24) is 0 Å². The van der Waals surface area contributed by atoms with Gasteiger partial charge in [-0.25, -0.2) is 0 Å². The van der Waals surface area contributed by atoms with E-state index in [1.807, 2.05) is 13.8 Å². The van der Waals surface area contributed by atoms with Gasteiger partial charge in [0.2, 0.25) is 5.91 Å². The molecular formula is C20H20ClF3N2O2. The molecule has 0 aromatic heterocycles. The van der Waals surface area contributed by atoms with E-state index in [1.165, 1.54) is 12.1 Å². The van der Waals surface area contributed by atoms with Gasteiger partial charge in [0.25, 0.3) is 5.91 Å². The maximum atomic E-state index is 12.8. The van der Waals surface area contributed by atoms with Gasteiger partial charge in [-0.05, 0) is 55.3 Å². The van der Waals surface area contributed by atoms with Crippen LogP contribution in [-0.4, -0.2) is 11.8 Å². The predicted molar refractivity (Wildman–Crippen MR) is 104 cm³/mol. The highest BCUT2D eigenvalue weighted by atomic mass is 35.5. The standard InChI is InChI=1S/C20H20ClF3N2O2/c1-3-12(4-2)18(27)25-15-8-5-13(6-9-15)19(28)26-17-11-14(20(22,23)24)7-10-16(17)21/h5-12H,3-4H2,1-2H3,(H,25,27)(H,26,28). The Hall–Kier alpha value is -2.54. The molecule has 0 fully saturated rings. The third-order valence-corrected chi connectivity index (χ3v) is 4.64. The van der Waals surface area contributed by atoms with Crippen LogP contribution in [0.5, 0.6) is 0 Å². The van der Waals surface area contributed by atoms with Gasteiger partial charge in [0.05, 0.1) is 16.3 Å². The number of alkyl halides is 3. The maximum absolute atomic E-state index is 12.8. The Morgan fingerprint density at radius 3 is 2.14 bits per heavy atom. The largest absolute Gasteiger partial charge is 0.416 e. The highest BCUT2D eigenvalue weighted by Gasteiger charge is 2.31. The Balaban J connectivity index is 2.11. The lowest BCUT2D eigenvalue weighted by molar-refractivity contribution is -0.137. The topological polar surface area (TPSA) is 58.2 Å². The van der Waals surface area contributed by atoms with Crippen LogP contribution in [0.15, 0.2) is 42.5 Å². The van der Waals surface area contributed by atoms with Gasteiger partial charge in [0.15, 0.2) is 0 Å². The van der Waals surface area contributed by atoms with Crippen molar-refractivity contribution in [3.63, 3.8) is 0 Å². The van der Waals surface area contributed by atoms with E-state index >= 15 is 0 Å². The monoisotopic (exact) mass is 412 g/mol. The first-order valence-corrected chi connectivity index (χ1v) is 9.12. The number of hydrogen-bond acceptors (Lipinski definition) is 2. The van der Waals surface area contributed by atoms with E-state index in [9.17, 15) is 22.8 Å². The average Bonchev–Trinajstić information content (AvgIpc) is 2.64. The molecule has 2 rings (SSSR count). The molecule has 2 N–H and O–H groups in total. The fourth-order valence-electron chi connectivity index (χ4n) is 2.60. The molecule has 0 bridgehead atoms. The van der Waals surface area contributed by atoms with Gasteiger partial charge >= 0.3 is 6.18 Å². The van der Waals surface area contributed by atoms with Crippen LogP contribution >= 0.6 is 11.6 Å².